The standard InChI is InChI=1S/C28H36N4O3/c1-6-7-8-23-25(26(33)32-17-19(2)9-14-24(32)30-23)20-10-12-21(13-11-20)29-22-15-16-31(18-22)27(34)35-28(3,4)5/h9-14,17,22,29H,6-8,15-16,18H2,1-5H3/t22-/m1/s1. The topological polar surface area (TPSA) is 75.9 Å². The molecule has 4 rings (SSSR count). The van der Waals surface area contributed by atoms with Crippen molar-refractivity contribution in [2.45, 2.75) is 71.9 Å². The van der Waals surface area contributed by atoms with Crippen LogP contribution in [0.4, 0.5) is 10.5 Å². The molecule has 0 bridgehead atoms. The van der Waals surface area contributed by atoms with Crippen LogP contribution in [0.25, 0.3) is 16.8 Å². The van der Waals surface area contributed by atoms with Crippen LogP contribution in [0.3, 0.4) is 0 Å². The molecule has 1 aromatic carbocycles. The number of hydrogen-bond donors (Lipinski definition) is 1. The number of anilines is 1. The van der Waals surface area contributed by atoms with E-state index in [9.17, 15) is 9.59 Å². The number of aromatic nitrogens is 2. The van der Waals surface area contributed by atoms with Gasteiger partial charge in [-0.15, -0.1) is 0 Å². The highest BCUT2D eigenvalue weighted by Gasteiger charge is 2.29. The summed E-state index contributed by atoms with van der Waals surface area (Å²) in [6.45, 7) is 11.0. The van der Waals surface area contributed by atoms with E-state index >= 15 is 0 Å². The average Bonchev–Trinajstić information content (AvgIpc) is 3.27. The van der Waals surface area contributed by atoms with Crippen molar-refractivity contribution in [1.82, 2.24) is 14.3 Å². The molecule has 1 aliphatic rings. The first-order valence-corrected chi connectivity index (χ1v) is 12.5. The second-order valence-electron chi connectivity index (χ2n) is 10.4. The molecule has 2 aromatic heterocycles. The number of carbonyl (C=O) groups excluding carboxylic acids is 1. The average molecular weight is 477 g/mol. The normalized spacial score (nSPS) is 16.0. The summed E-state index contributed by atoms with van der Waals surface area (Å²) in [5.41, 5.74) is 4.53. The Morgan fingerprint density at radius 2 is 1.91 bits per heavy atom. The summed E-state index contributed by atoms with van der Waals surface area (Å²) in [7, 11) is 0. The summed E-state index contributed by atoms with van der Waals surface area (Å²) < 4.78 is 7.14. The van der Waals surface area contributed by atoms with Crippen LogP contribution >= 0.6 is 0 Å². The minimum absolute atomic E-state index is 0.0330. The highest BCUT2D eigenvalue weighted by Crippen LogP contribution is 2.25. The Labute approximate surface area is 207 Å². The van der Waals surface area contributed by atoms with Crippen LogP contribution in [0, 0.1) is 6.92 Å². The van der Waals surface area contributed by atoms with Crippen molar-refractivity contribution >= 4 is 17.4 Å². The molecule has 0 radical (unpaired) electrons. The van der Waals surface area contributed by atoms with Gasteiger partial charge in [0.1, 0.15) is 11.2 Å². The number of unbranched alkanes of at least 4 members (excludes halogenated alkanes) is 1. The number of nitrogens with zero attached hydrogens (tertiary/aromatic N) is 3. The lowest BCUT2D eigenvalue weighted by atomic mass is 10.0. The van der Waals surface area contributed by atoms with Crippen molar-refractivity contribution in [2.75, 3.05) is 18.4 Å². The Bertz CT molecular complexity index is 1260. The fraction of sp³-hybridized carbons (Fsp3) is 0.464. The maximum atomic E-state index is 13.5. The van der Waals surface area contributed by atoms with Gasteiger partial charge in [-0.2, -0.15) is 0 Å². The first-order valence-electron chi connectivity index (χ1n) is 12.5. The predicted molar refractivity (Wildman–Crippen MR) is 140 cm³/mol. The number of benzene rings is 1. The van der Waals surface area contributed by atoms with Crippen molar-refractivity contribution in [3.05, 3.63) is 64.2 Å². The highest BCUT2D eigenvalue weighted by molar-refractivity contribution is 5.70. The zero-order valence-corrected chi connectivity index (χ0v) is 21.4. The van der Waals surface area contributed by atoms with Crippen LogP contribution < -0.4 is 10.9 Å². The second kappa shape index (κ2) is 10.1. The lowest BCUT2D eigenvalue weighted by Crippen LogP contribution is -2.36. The van der Waals surface area contributed by atoms with E-state index in [4.69, 9.17) is 9.72 Å². The first-order chi connectivity index (χ1) is 16.6. The van der Waals surface area contributed by atoms with Gasteiger partial charge in [-0.1, -0.05) is 31.5 Å². The summed E-state index contributed by atoms with van der Waals surface area (Å²) in [6.07, 6.45) is 5.24. The van der Waals surface area contributed by atoms with Gasteiger partial charge in [0.25, 0.3) is 5.56 Å². The Balaban J connectivity index is 1.54. The fourth-order valence-electron chi connectivity index (χ4n) is 4.45. The number of hydrogen-bond acceptors (Lipinski definition) is 5. The monoisotopic (exact) mass is 476 g/mol. The van der Waals surface area contributed by atoms with Gasteiger partial charge >= 0.3 is 6.09 Å². The quantitative estimate of drug-likeness (QED) is 0.513. The summed E-state index contributed by atoms with van der Waals surface area (Å²) in [6, 6.07) is 12.0. The maximum absolute atomic E-state index is 13.5. The third-order valence-corrected chi connectivity index (χ3v) is 6.20. The van der Waals surface area contributed by atoms with Crippen LogP contribution in [0.15, 0.2) is 47.4 Å². The lowest BCUT2D eigenvalue weighted by molar-refractivity contribution is 0.0293. The molecule has 0 unspecified atom stereocenters. The molecule has 1 N–H and O–H groups in total. The molecule has 3 aromatic rings. The molecule has 1 amide bonds. The molecule has 3 heterocycles. The molecule has 1 atom stereocenters. The molecule has 1 saturated heterocycles. The Morgan fingerprint density at radius 3 is 2.60 bits per heavy atom. The third kappa shape index (κ3) is 5.84. The summed E-state index contributed by atoms with van der Waals surface area (Å²) in [4.78, 5) is 32.4. The Kier molecular flexibility index (Phi) is 7.15. The van der Waals surface area contributed by atoms with Crippen molar-refractivity contribution in [3.8, 4) is 11.1 Å². The minimum Gasteiger partial charge on any atom is -0.444 e. The van der Waals surface area contributed by atoms with Crippen LogP contribution in [0.2, 0.25) is 0 Å². The summed E-state index contributed by atoms with van der Waals surface area (Å²) in [5.74, 6) is 0. The number of carbonyl (C=O) groups is 1. The SMILES string of the molecule is CCCCc1nc2ccc(C)cn2c(=O)c1-c1ccc(N[C@@H]2CCN(C(=O)OC(C)(C)C)C2)cc1. The maximum Gasteiger partial charge on any atom is 0.410 e. The van der Waals surface area contributed by atoms with E-state index in [-0.39, 0.29) is 17.7 Å². The molecule has 1 aliphatic heterocycles. The van der Waals surface area contributed by atoms with E-state index in [2.05, 4.69) is 12.2 Å². The molecular weight excluding hydrogens is 440 g/mol. The first kappa shape index (κ1) is 24.8. The van der Waals surface area contributed by atoms with E-state index in [1.165, 1.54) is 0 Å². The van der Waals surface area contributed by atoms with Gasteiger partial charge in [0.05, 0.1) is 11.3 Å². The van der Waals surface area contributed by atoms with Crippen LogP contribution in [-0.4, -0.2) is 45.1 Å². The van der Waals surface area contributed by atoms with Gasteiger partial charge in [0.15, 0.2) is 0 Å². The van der Waals surface area contributed by atoms with Crippen molar-refractivity contribution in [1.29, 1.82) is 0 Å². The number of ether oxygens (including phenoxy) is 1. The van der Waals surface area contributed by atoms with Crippen molar-refractivity contribution in [3.63, 3.8) is 0 Å². The van der Waals surface area contributed by atoms with Gasteiger partial charge in [0, 0.05) is 31.0 Å². The second-order valence-corrected chi connectivity index (χ2v) is 10.4. The minimum atomic E-state index is -0.497. The lowest BCUT2D eigenvalue weighted by Gasteiger charge is -2.24. The van der Waals surface area contributed by atoms with E-state index in [0.717, 1.165) is 48.2 Å². The molecule has 186 valence electrons. The van der Waals surface area contributed by atoms with E-state index < -0.39 is 5.60 Å². The fourth-order valence-corrected chi connectivity index (χ4v) is 4.45. The van der Waals surface area contributed by atoms with E-state index in [1.54, 1.807) is 9.30 Å². The van der Waals surface area contributed by atoms with Gasteiger partial charge in [-0.3, -0.25) is 9.20 Å². The van der Waals surface area contributed by atoms with E-state index in [1.807, 2.05) is 70.3 Å². The van der Waals surface area contributed by atoms with Crippen LogP contribution in [-0.2, 0) is 11.2 Å². The molecule has 0 saturated carbocycles. The molecular formula is C28H36N4O3. The largest absolute Gasteiger partial charge is 0.444 e. The van der Waals surface area contributed by atoms with Gasteiger partial charge < -0.3 is 15.0 Å². The van der Waals surface area contributed by atoms with Crippen molar-refractivity contribution < 1.29 is 9.53 Å². The number of aryl methyl sites for hydroxylation is 2. The number of pyridine rings is 1. The van der Waals surface area contributed by atoms with Gasteiger partial charge in [0.2, 0.25) is 0 Å². The third-order valence-electron chi connectivity index (χ3n) is 6.20. The van der Waals surface area contributed by atoms with Gasteiger partial charge in [-0.25, -0.2) is 9.78 Å². The molecule has 35 heavy (non-hydrogen) atoms. The smallest absolute Gasteiger partial charge is 0.410 e. The molecule has 0 spiro atoms. The van der Waals surface area contributed by atoms with Crippen molar-refractivity contribution in [2.24, 2.45) is 0 Å². The number of nitrogens with one attached hydrogen (secondary N) is 1. The molecule has 0 aliphatic carbocycles. The number of fused-ring (bicyclic) bond motifs is 1. The number of likely N-dealkylation sites (tertiary alicyclic amines) is 1. The van der Waals surface area contributed by atoms with Crippen LogP contribution in [0.1, 0.15) is 58.2 Å². The molecule has 7 nitrogen and oxygen atoms in total. The zero-order valence-electron chi connectivity index (χ0n) is 21.4. The Hall–Kier alpha value is -3.35. The summed E-state index contributed by atoms with van der Waals surface area (Å²) >= 11 is 0. The number of amides is 1. The summed E-state index contributed by atoms with van der Waals surface area (Å²) in [5, 5.41) is 3.52. The zero-order chi connectivity index (χ0) is 25.2. The van der Waals surface area contributed by atoms with Gasteiger partial charge in [-0.05, 0) is 76.3 Å². The Morgan fingerprint density at radius 1 is 1.17 bits per heavy atom. The molecule has 1 fully saturated rings. The van der Waals surface area contributed by atoms with Crippen LogP contribution in [0.5, 0.6) is 0 Å². The predicted octanol–water partition coefficient (Wildman–Crippen LogP) is 5.43. The number of rotatable bonds is 6. The molecule has 7 heteroatoms. The van der Waals surface area contributed by atoms with E-state index in [0.29, 0.717) is 24.3 Å². The highest BCUT2D eigenvalue weighted by atomic mass is 16.6.